The molecule has 2 aromatic rings. The Morgan fingerprint density at radius 3 is 2.61 bits per heavy atom. The summed E-state index contributed by atoms with van der Waals surface area (Å²) in [5.74, 6) is 0.826. The second kappa shape index (κ2) is 10.7. The molecule has 1 fully saturated rings. The Morgan fingerprint density at radius 2 is 1.97 bits per heavy atom. The number of nitriles is 1. The van der Waals surface area contributed by atoms with Crippen molar-refractivity contribution in [2.75, 3.05) is 20.2 Å². The van der Waals surface area contributed by atoms with Crippen LogP contribution in [0.4, 0.5) is 0 Å². The molecular formula is C24H25N2O3PS. The molecule has 7 heteroatoms. The fourth-order valence-electron chi connectivity index (χ4n) is 3.62. The number of likely N-dealkylation sites (tertiary alicyclic amines) is 1. The number of rotatable bonds is 8. The molecule has 2 aromatic carbocycles. The van der Waals surface area contributed by atoms with E-state index in [1.807, 2.05) is 62.4 Å². The fourth-order valence-corrected chi connectivity index (χ4v) is 4.69. The minimum atomic E-state index is -0.723. The summed E-state index contributed by atoms with van der Waals surface area (Å²) in [6.07, 6.45) is -0.0932. The van der Waals surface area contributed by atoms with Crippen LogP contribution in [0, 0.1) is 28.1 Å². The first-order chi connectivity index (χ1) is 15.0. The average molecular weight is 453 g/mol. The van der Waals surface area contributed by atoms with Crippen LogP contribution in [0.5, 0.6) is 11.5 Å². The molecule has 5 nitrogen and oxygen atoms in total. The number of carbonyl (C=O) groups excluding carboxylic acids is 1. The van der Waals surface area contributed by atoms with Crippen LogP contribution < -0.4 is 9.47 Å². The zero-order valence-electron chi connectivity index (χ0n) is 17.8. The number of hydrogen-bond acceptors (Lipinski definition) is 5. The topological polar surface area (TPSA) is 62.6 Å². The van der Waals surface area contributed by atoms with Crippen LogP contribution in [-0.4, -0.2) is 42.4 Å². The zero-order valence-corrected chi connectivity index (χ0v) is 19.5. The number of carbonyl (C=O) groups is 1. The van der Waals surface area contributed by atoms with Crippen LogP contribution in [-0.2, 0) is 4.79 Å². The van der Waals surface area contributed by atoms with Crippen LogP contribution in [0.3, 0.4) is 0 Å². The van der Waals surface area contributed by atoms with Gasteiger partial charge in [0.2, 0.25) is 0 Å². The quantitative estimate of drug-likeness (QED) is 0.517. The second-order valence-corrected chi connectivity index (χ2v) is 9.25. The van der Waals surface area contributed by atoms with E-state index < -0.39 is 5.92 Å². The summed E-state index contributed by atoms with van der Waals surface area (Å²) in [7, 11) is 5.67. The molecule has 1 amide bonds. The molecule has 0 aliphatic carbocycles. The van der Waals surface area contributed by atoms with Gasteiger partial charge in [-0.05, 0) is 6.07 Å². The number of para-hydroxylation sites is 1. The van der Waals surface area contributed by atoms with E-state index in [-0.39, 0.29) is 23.2 Å². The summed E-state index contributed by atoms with van der Waals surface area (Å²) in [5, 5.41) is 9.41. The van der Waals surface area contributed by atoms with E-state index in [1.54, 1.807) is 12.0 Å². The average Bonchev–Trinajstić information content (AvgIpc) is 2.75. The summed E-state index contributed by atoms with van der Waals surface area (Å²) >= 11 is 1.31. The van der Waals surface area contributed by atoms with Gasteiger partial charge in [-0.3, -0.25) is 0 Å². The third-order valence-corrected chi connectivity index (χ3v) is 6.80. The molecule has 1 saturated heterocycles. The van der Waals surface area contributed by atoms with Crippen molar-refractivity contribution in [3.8, 4) is 33.7 Å². The molecule has 1 heterocycles. The molecule has 0 saturated carbocycles. The molecule has 0 N–H and O–H groups in total. The number of benzene rings is 2. The zero-order chi connectivity index (χ0) is 22.4. The molecule has 2 unspecified atom stereocenters. The number of thioether (sulfide) groups is 1. The van der Waals surface area contributed by atoms with Crippen molar-refractivity contribution in [2.45, 2.75) is 25.2 Å². The maximum absolute atomic E-state index is 12.9. The van der Waals surface area contributed by atoms with E-state index in [4.69, 9.17) is 9.47 Å². The van der Waals surface area contributed by atoms with E-state index in [2.05, 4.69) is 19.7 Å². The van der Waals surface area contributed by atoms with Crippen LogP contribution in [0.2, 0.25) is 0 Å². The molecule has 31 heavy (non-hydrogen) atoms. The van der Waals surface area contributed by atoms with Crippen LogP contribution >= 0.6 is 20.5 Å². The first-order valence-corrected chi connectivity index (χ1v) is 11.4. The molecule has 2 atom stereocenters. The van der Waals surface area contributed by atoms with Crippen LogP contribution in [0.1, 0.15) is 13.8 Å². The Hall–Kier alpha value is -2.44. The molecule has 3 rings (SSSR count). The first-order valence-electron chi connectivity index (χ1n) is 10.1. The Labute approximate surface area is 190 Å². The van der Waals surface area contributed by atoms with E-state index >= 15 is 0 Å². The SMILES string of the molecule is COc1ccccc1-c1cccc(OC2CN(C(=O)C(C#N)C(SC#P)C(C)C)C2)c1. The molecule has 1 aliphatic rings. The number of methoxy groups -OCH3 is 1. The van der Waals surface area contributed by atoms with Gasteiger partial charge in [-0.15, -0.1) is 0 Å². The van der Waals surface area contributed by atoms with Crippen molar-refractivity contribution < 1.29 is 14.3 Å². The van der Waals surface area contributed by atoms with Gasteiger partial charge >= 0.3 is 137 Å². The number of ether oxygens (including phenoxy) is 2. The Morgan fingerprint density at radius 1 is 1.23 bits per heavy atom. The third-order valence-electron chi connectivity index (χ3n) is 5.29. The second-order valence-electron chi connectivity index (χ2n) is 7.74. The van der Waals surface area contributed by atoms with Crippen LogP contribution in [0.25, 0.3) is 11.1 Å². The number of nitrogens with zero attached hydrogens (tertiary/aromatic N) is 2. The Balaban J connectivity index is 1.63. The van der Waals surface area contributed by atoms with Crippen molar-refractivity contribution in [2.24, 2.45) is 11.8 Å². The van der Waals surface area contributed by atoms with E-state index in [9.17, 15) is 10.1 Å². The molecule has 0 spiro atoms. The van der Waals surface area contributed by atoms with Crippen molar-refractivity contribution in [1.82, 2.24) is 4.90 Å². The number of hydrogen-bond donors (Lipinski definition) is 0. The van der Waals surface area contributed by atoms with Gasteiger partial charge in [-0.1, -0.05) is 24.3 Å². The molecule has 0 radical (unpaired) electrons. The molecule has 1 aliphatic heterocycles. The molecular weight excluding hydrogens is 427 g/mol. The van der Waals surface area contributed by atoms with Gasteiger partial charge in [0.25, 0.3) is 0 Å². The molecule has 0 aromatic heterocycles. The van der Waals surface area contributed by atoms with E-state index in [0.717, 1.165) is 22.6 Å². The summed E-state index contributed by atoms with van der Waals surface area (Å²) < 4.78 is 11.5. The summed E-state index contributed by atoms with van der Waals surface area (Å²) in [5.41, 5.74) is 2.00. The third kappa shape index (κ3) is 5.43. The summed E-state index contributed by atoms with van der Waals surface area (Å²) in [4.78, 5) is 17.3. The molecule has 160 valence electrons. The van der Waals surface area contributed by atoms with E-state index in [0.29, 0.717) is 13.1 Å². The van der Waals surface area contributed by atoms with Gasteiger partial charge in [-0.25, -0.2) is 0 Å². The number of amides is 1. The van der Waals surface area contributed by atoms with Crippen molar-refractivity contribution in [1.29, 1.82) is 5.26 Å². The van der Waals surface area contributed by atoms with Gasteiger partial charge in [0.05, 0.1) is 7.11 Å². The predicted octanol–water partition coefficient (Wildman–Crippen LogP) is 5.18. The Kier molecular flexibility index (Phi) is 8.04. The summed E-state index contributed by atoms with van der Waals surface area (Å²) in [6.45, 7) is 4.94. The van der Waals surface area contributed by atoms with Gasteiger partial charge < -0.3 is 4.74 Å². The van der Waals surface area contributed by atoms with Crippen molar-refractivity contribution >= 4 is 26.4 Å². The van der Waals surface area contributed by atoms with Crippen molar-refractivity contribution in [3.63, 3.8) is 0 Å². The van der Waals surface area contributed by atoms with Gasteiger partial charge in [0, 0.05) is 5.56 Å². The van der Waals surface area contributed by atoms with E-state index in [1.165, 1.54) is 11.8 Å². The van der Waals surface area contributed by atoms with Crippen molar-refractivity contribution in [3.05, 3.63) is 48.5 Å². The normalized spacial score (nSPS) is 15.4. The minimum absolute atomic E-state index is 0.0932. The summed E-state index contributed by atoms with van der Waals surface area (Å²) in [6, 6.07) is 17.9. The standard InChI is InChI=1S/C24H25N2O3PS/c1-16(2)23(31-15-30)21(12-25)24(27)26-13-19(14-26)29-18-8-6-7-17(11-18)20-9-4-5-10-22(20)28-3/h4-11,16,19,21,23H,13-14H2,1-3H3. The fraction of sp³-hybridized carbons (Fsp3) is 0.375. The Bertz CT molecular complexity index is 1010. The van der Waals surface area contributed by atoms with Gasteiger partial charge in [0.15, 0.2) is 0 Å². The predicted molar refractivity (Wildman–Crippen MR) is 126 cm³/mol. The monoisotopic (exact) mass is 452 g/mol. The maximum atomic E-state index is 12.9. The van der Waals surface area contributed by atoms with Crippen LogP contribution in [0.15, 0.2) is 48.5 Å². The first kappa shape index (κ1) is 23.2. The molecule has 0 bridgehead atoms. The van der Waals surface area contributed by atoms with Gasteiger partial charge in [0.1, 0.15) is 5.75 Å². The van der Waals surface area contributed by atoms with Gasteiger partial charge in [-0.2, -0.15) is 0 Å².